The third-order valence-electron chi connectivity index (χ3n) is 5.44. The van der Waals surface area contributed by atoms with E-state index in [1.54, 1.807) is 0 Å². The van der Waals surface area contributed by atoms with Gasteiger partial charge in [0.25, 0.3) is 0 Å². The van der Waals surface area contributed by atoms with Crippen LogP contribution in [0.5, 0.6) is 0 Å². The van der Waals surface area contributed by atoms with E-state index < -0.39 is 17.9 Å². The molecule has 0 atom stereocenters. The number of rotatable bonds is 4. The Hall–Kier alpha value is -3.34. The van der Waals surface area contributed by atoms with Crippen molar-refractivity contribution in [2.24, 2.45) is 0 Å². The summed E-state index contributed by atoms with van der Waals surface area (Å²) >= 11 is 0. The van der Waals surface area contributed by atoms with Gasteiger partial charge in [-0.1, -0.05) is 36.4 Å². The molecule has 30 heavy (non-hydrogen) atoms. The summed E-state index contributed by atoms with van der Waals surface area (Å²) in [7, 11) is 2.71. The normalized spacial score (nSPS) is 14.8. The summed E-state index contributed by atoms with van der Waals surface area (Å²) in [5.41, 5.74) is 6.21. The quantitative estimate of drug-likeness (QED) is 0.684. The summed E-state index contributed by atoms with van der Waals surface area (Å²) < 4.78 is 10.3. The lowest BCUT2D eigenvalue weighted by molar-refractivity contribution is -0.137. The molecule has 0 aromatic heterocycles. The Balaban J connectivity index is 2.35. The molecule has 0 fully saturated rings. The third-order valence-corrected chi connectivity index (χ3v) is 5.44. The van der Waals surface area contributed by atoms with Crippen LogP contribution in [-0.2, 0) is 19.1 Å². The van der Waals surface area contributed by atoms with Crippen molar-refractivity contribution in [2.75, 3.05) is 19.1 Å². The molecule has 5 nitrogen and oxygen atoms in total. The molecule has 0 radical (unpaired) electrons. The Kier molecular flexibility index (Phi) is 6.11. The molecule has 0 saturated heterocycles. The van der Waals surface area contributed by atoms with Crippen LogP contribution in [0, 0.1) is 13.8 Å². The second-order valence-corrected chi connectivity index (χ2v) is 7.51. The first-order valence-electron chi connectivity index (χ1n) is 9.81. The molecule has 0 unspecified atom stereocenters. The van der Waals surface area contributed by atoms with Gasteiger partial charge < -0.3 is 14.4 Å². The van der Waals surface area contributed by atoms with Crippen molar-refractivity contribution in [1.82, 2.24) is 0 Å². The fraction of sp³-hybridized carbons (Fsp3) is 0.280. The molecule has 0 amide bonds. The number of carbonyl (C=O) groups excluding carboxylic acids is 2. The lowest BCUT2D eigenvalue weighted by Gasteiger charge is -2.38. The molecule has 5 heteroatoms. The Morgan fingerprint density at radius 2 is 1.23 bits per heavy atom. The van der Waals surface area contributed by atoms with Crippen molar-refractivity contribution in [2.45, 2.75) is 33.6 Å². The van der Waals surface area contributed by atoms with Crippen LogP contribution < -0.4 is 4.90 Å². The second-order valence-electron chi connectivity index (χ2n) is 7.51. The van der Waals surface area contributed by atoms with Gasteiger partial charge in [-0.2, -0.15) is 0 Å². The van der Waals surface area contributed by atoms with Crippen molar-refractivity contribution in [1.29, 1.82) is 0 Å². The van der Waals surface area contributed by atoms with E-state index in [0.717, 1.165) is 33.8 Å². The number of ether oxygens (including phenoxy) is 2. The highest BCUT2D eigenvalue weighted by Gasteiger charge is 2.40. The molecule has 1 aliphatic rings. The molecular formula is C25H27NO4. The summed E-state index contributed by atoms with van der Waals surface area (Å²) in [4.78, 5) is 27.8. The number of nitrogens with zero attached hydrogens (tertiary/aromatic N) is 1. The summed E-state index contributed by atoms with van der Waals surface area (Å²) in [5, 5.41) is 0. The fourth-order valence-electron chi connectivity index (χ4n) is 4.25. The van der Waals surface area contributed by atoms with Crippen LogP contribution in [0.15, 0.2) is 71.1 Å². The van der Waals surface area contributed by atoms with Crippen LogP contribution in [0.25, 0.3) is 0 Å². The van der Waals surface area contributed by atoms with Crippen LogP contribution in [0.2, 0.25) is 0 Å². The molecule has 2 aromatic rings. The van der Waals surface area contributed by atoms with Gasteiger partial charge in [0, 0.05) is 17.1 Å². The topological polar surface area (TPSA) is 55.8 Å². The van der Waals surface area contributed by atoms with Crippen molar-refractivity contribution in [3.05, 3.63) is 87.8 Å². The molecule has 156 valence electrons. The maximum absolute atomic E-state index is 13.0. The van der Waals surface area contributed by atoms with E-state index in [-0.39, 0.29) is 0 Å². The summed E-state index contributed by atoms with van der Waals surface area (Å²) in [6.45, 7) is 7.82. The minimum atomic E-state index is -0.576. The van der Waals surface area contributed by atoms with E-state index in [1.165, 1.54) is 14.2 Å². The van der Waals surface area contributed by atoms with Gasteiger partial charge in [0.2, 0.25) is 0 Å². The number of hydrogen-bond acceptors (Lipinski definition) is 5. The third kappa shape index (κ3) is 3.75. The van der Waals surface area contributed by atoms with Gasteiger partial charge in [0.1, 0.15) is 0 Å². The van der Waals surface area contributed by atoms with Crippen LogP contribution in [-0.4, -0.2) is 26.2 Å². The van der Waals surface area contributed by atoms with E-state index in [1.807, 2.05) is 75.1 Å². The Labute approximate surface area is 177 Å². The lowest BCUT2D eigenvalue weighted by Crippen LogP contribution is -2.35. The smallest absolute Gasteiger partial charge is 0.336 e. The first-order chi connectivity index (χ1) is 14.3. The van der Waals surface area contributed by atoms with E-state index in [2.05, 4.69) is 6.07 Å². The minimum absolute atomic E-state index is 0.425. The largest absolute Gasteiger partial charge is 0.466 e. The summed E-state index contributed by atoms with van der Waals surface area (Å²) in [6.07, 6.45) is 0. The van der Waals surface area contributed by atoms with Crippen molar-refractivity contribution >= 4 is 17.6 Å². The molecule has 0 spiro atoms. The fourth-order valence-corrected chi connectivity index (χ4v) is 4.25. The highest BCUT2D eigenvalue weighted by atomic mass is 16.5. The Bertz CT molecular complexity index is 990. The molecule has 0 bridgehead atoms. The Morgan fingerprint density at radius 1 is 0.767 bits per heavy atom. The number of esters is 2. The number of carbonyl (C=O) groups is 2. The predicted octanol–water partition coefficient (Wildman–Crippen LogP) is 4.80. The monoisotopic (exact) mass is 405 g/mol. The van der Waals surface area contributed by atoms with Crippen molar-refractivity contribution in [3.8, 4) is 0 Å². The maximum atomic E-state index is 13.0. The van der Waals surface area contributed by atoms with Crippen LogP contribution in [0.1, 0.15) is 36.5 Å². The van der Waals surface area contributed by atoms with Crippen LogP contribution >= 0.6 is 0 Å². The molecule has 0 aliphatic carbocycles. The van der Waals surface area contributed by atoms with Crippen molar-refractivity contribution < 1.29 is 19.1 Å². The van der Waals surface area contributed by atoms with Crippen LogP contribution in [0.4, 0.5) is 5.69 Å². The van der Waals surface area contributed by atoms with Gasteiger partial charge in [-0.3, -0.25) is 0 Å². The van der Waals surface area contributed by atoms with Gasteiger partial charge in [0.05, 0.1) is 31.3 Å². The average Bonchev–Trinajstić information content (AvgIpc) is 2.72. The first kappa shape index (κ1) is 21.4. The molecule has 1 aliphatic heterocycles. The van der Waals surface area contributed by atoms with E-state index in [9.17, 15) is 9.59 Å². The van der Waals surface area contributed by atoms with Gasteiger partial charge in [-0.05, 0) is 56.5 Å². The van der Waals surface area contributed by atoms with Gasteiger partial charge in [-0.25, -0.2) is 9.59 Å². The highest BCUT2D eigenvalue weighted by molar-refractivity contribution is 6.01. The predicted molar refractivity (Wildman–Crippen MR) is 117 cm³/mol. The molecule has 2 aromatic carbocycles. The van der Waals surface area contributed by atoms with E-state index in [4.69, 9.17) is 9.47 Å². The number of methoxy groups -OCH3 is 2. The number of benzene rings is 2. The zero-order valence-electron chi connectivity index (χ0n) is 18.3. The van der Waals surface area contributed by atoms with Gasteiger partial charge >= 0.3 is 11.9 Å². The Morgan fingerprint density at radius 3 is 1.67 bits per heavy atom. The molecule has 1 heterocycles. The summed E-state index contributed by atoms with van der Waals surface area (Å²) in [5.74, 6) is -1.51. The van der Waals surface area contributed by atoms with Gasteiger partial charge in [-0.15, -0.1) is 0 Å². The lowest BCUT2D eigenvalue weighted by atomic mass is 9.79. The first-order valence-corrected chi connectivity index (χ1v) is 9.81. The number of aryl methyl sites for hydroxylation is 2. The molecule has 0 saturated carbocycles. The SMILES string of the molecule is COC(=O)C1=C(C)N(c2cc(C)cc(C)c2)C(C)=C(C(=O)OC)C1c1ccccc1. The number of allylic oxidation sites excluding steroid dienone is 2. The molecule has 0 N–H and O–H groups in total. The number of anilines is 1. The van der Waals surface area contributed by atoms with Gasteiger partial charge in [0.15, 0.2) is 0 Å². The summed E-state index contributed by atoms with van der Waals surface area (Å²) in [6, 6.07) is 15.6. The molecule has 3 rings (SSSR count). The standard InChI is InChI=1S/C25H27NO4/c1-15-12-16(2)14-20(13-15)26-17(3)21(24(27)29-5)23(19-10-8-7-9-11-19)22(18(26)4)25(28)30-6/h7-14,23H,1-6H3. The zero-order valence-corrected chi connectivity index (χ0v) is 18.3. The minimum Gasteiger partial charge on any atom is -0.466 e. The number of hydrogen-bond donors (Lipinski definition) is 0. The second kappa shape index (κ2) is 8.57. The van der Waals surface area contributed by atoms with E-state index >= 15 is 0 Å². The van der Waals surface area contributed by atoms with E-state index in [0.29, 0.717) is 11.1 Å². The highest BCUT2D eigenvalue weighted by Crippen LogP contribution is 2.44. The zero-order chi connectivity index (χ0) is 22.0. The van der Waals surface area contributed by atoms with Crippen molar-refractivity contribution in [3.63, 3.8) is 0 Å². The average molecular weight is 405 g/mol. The maximum Gasteiger partial charge on any atom is 0.336 e. The van der Waals surface area contributed by atoms with Crippen LogP contribution in [0.3, 0.4) is 0 Å². The molecular weight excluding hydrogens is 378 g/mol.